The van der Waals surface area contributed by atoms with Crippen LogP contribution < -0.4 is 14.8 Å². The van der Waals surface area contributed by atoms with Crippen LogP contribution in [0.15, 0.2) is 47.4 Å². The van der Waals surface area contributed by atoms with Gasteiger partial charge in [-0.3, -0.25) is 4.79 Å². The zero-order valence-corrected chi connectivity index (χ0v) is 14.0. The van der Waals surface area contributed by atoms with E-state index in [-0.39, 0.29) is 11.9 Å². The predicted octanol–water partition coefficient (Wildman–Crippen LogP) is 3.67. The molecule has 4 nitrogen and oxygen atoms in total. The fourth-order valence-electron chi connectivity index (χ4n) is 2.71. The lowest BCUT2D eigenvalue weighted by Crippen LogP contribution is -2.30. The van der Waals surface area contributed by atoms with Gasteiger partial charge in [0.05, 0.1) is 20.3 Å². The number of amides is 1. The number of thioether (sulfide) groups is 1. The van der Waals surface area contributed by atoms with Gasteiger partial charge < -0.3 is 14.8 Å². The molecule has 0 aliphatic carbocycles. The van der Waals surface area contributed by atoms with Crippen LogP contribution in [0.5, 0.6) is 11.5 Å². The van der Waals surface area contributed by atoms with Crippen molar-refractivity contribution >= 4 is 17.7 Å². The molecule has 120 valence electrons. The molecule has 5 heteroatoms. The monoisotopic (exact) mass is 329 g/mol. The summed E-state index contributed by atoms with van der Waals surface area (Å²) in [5.41, 5.74) is 1.76. The van der Waals surface area contributed by atoms with E-state index < -0.39 is 0 Å². The molecule has 23 heavy (non-hydrogen) atoms. The second-order valence-corrected chi connectivity index (χ2v) is 6.41. The Balaban J connectivity index is 1.80. The maximum atomic E-state index is 12.6. The minimum Gasteiger partial charge on any atom is -0.493 e. The van der Waals surface area contributed by atoms with Crippen molar-refractivity contribution in [3.63, 3.8) is 0 Å². The van der Waals surface area contributed by atoms with Crippen LogP contribution >= 0.6 is 11.8 Å². The van der Waals surface area contributed by atoms with Gasteiger partial charge in [-0.2, -0.15) is 0 Å². The molecule has 1 aliphatic rings. The number of ether oxygens (including phenoxy) is 2. The van der Waals surface area contributed by atoms with E-state index in [9.17, 15) is 4.79 Å². The van der Waals surface area contributed by atoms with Crippen molar-refractivity contribution in [1.82, 2.24) is 5.32 Å². The van der Waals surface area contributed by atoms with E-state index in [4.69, 9.17) is 9.47 Å². The Kier molecular flexibility index (Phi) is 4.76. The lowest BCUT2D eigenvalue weighted by molar-refractivity contribution is 0.0934. The van der Waals surface area contributed by atoms with Crippen molar-refractivity contribution in [2.75, 3.05) is 20.0 Å². The highest BCUT2D eigenvalue weighted by atomic mass is 32.2. The van der Waals surface area contributed by atoms with E-state index in [0.717, 1.165) is 12.2 Å². The van der Waals surface area contributed by atoms with Crippen molar-refractivity contribution in [3.8, 4) is 11.5 Å². The molecule has 1 aliphatic heterocycles. The summed E-state index contributed by atoms with van der Waals surface area (Å²) in [6.45, 7) is 0. The quantitative estimate of drug-likeness (QED) is 0.930. The molecule has 0 bridgehead atoms. The zero-order chi connectivity index (χ0) is 16.2. The average Bonchev–Trinajstić information content (AvgIpc) is 2.61. The molecule has 3 rings (SSSR count). The molecule has 1 unspecified atom stereocenters. The molecule has 0 saturated heterocycles. The number of benzene rings is 2. The summed E-state index contributed by atoms with van der Waals surface area (Å²) in [6.07, 6.45) is 0.931. The third kappa shape index (κ3) is 3.29. The van der Waals surface area contributed by atoms with Gasteiger partial charge in [0, 0.05) is 16.2 Å². The first kappa shape index (κ1) is 15.7. The van der Waals surface area contributed by atoms with E-state index in [1.165, 1.54) is 10.5 Å². The molecule has 0 aromatic heterocycles. The van der Waals surface area contributed by atoms with E-state index >= 15 is 0 Å². The molecule has 0 fully saturated rings. The van der Waals surface area contributed by atoms with Crippen molar-refractivity contribution in [2.45, 2.75) is 17.4 Å². The number of methoxy groups -OCH3 is 2. The van der Waals surface area contributed by atoms with Crippen LogP contribution in [0.4, 0.5) is 0 Å². The van der Waals surface area contributed by atoms with Crippen LogP contribution in [0.25, 0.3) is 0 Å². The maximum absolute atomic E-state index is 12.6. The van der Waals surface area contributed by atoms with Gasteiger partial charge in [0.25, 0.3) is 5.91 Å². The van der Waals surface area contributed by atoms with Crippen LogP contribution in [0.3, 0.4) is 0 Å². The number of rotatable bonds is 4. The number of nitrogens with one attached hydrogen (secondary N) is 1. The minimum absolute atomic E-state index is 0.0491. The Hall–Kier alpha value is -2.14. The minimum atomic E-state index is -0.0994. The van der Waals surface area contributed by atoms with Crippen molar-refractivity contribution in [2.24, 2.45) is 0 Å². The first-order valence-electron chi connectivity index (χ1n) is 7.47. The topological polar surface area (TPSA) is 47.6 Å². The Labute approximate surface area is 140 Å². The number of carbonyl (C=O) groups is 1. The molecule has 0 spiro atoms. The molecule has 2 aromatic rings. The molecule has 1 heterocycles. The van der Waals surface area contributed by atoms with Crippen LogP contribution in [0, 0.1) is 0 Å². The number of carbonyl (C=O) groups excluding carboxylic acids is 1. The first-order valence-corrected chi connectivity index (χ1v) is 8.46. The van der Waals surface area contributed by atoms with Gasteiger partial charge in [-0.25, -0.2) is 0 Å². The predicted molar refractivity (Wildman–Crippen MR) is 91.5 cm³/mol. The lowest BCUT2D eigenvalue weighted by Gasteiger charge is -2.26. The van der Waals surface area contributed by atoms with Gasteiger partial charge in [0.1, 0.15) is 0 Å². The summed E-state index contributed by atoms with van der Waals surface area (Å²) >= 11 is 1.84. The van der Waals surface area contributed by atoms with Gasteiger partial charge in [0.2, 0.25) is 0 Å². The second-order valence-electron chi connectivity index (χ2n) is 5.27. The van der Waals surface area contributed by atoms with Gasteiger partial charge in [-0.15, -0.1) is 11.8 Å². The molecular formula is C18H19NO3S. The highest BCUT2D eigenvalue weighted by Gasteiger charge is 2.22. The van der Waals surface area contributed by atoms with Gasteiger partial charge in [-0.1, -0.05) is 18.2 Å². The molecule has 1 amide bonds. The Bertz CT molecular complexity index is 717. The SMILES string of the molecule is COc1ccc(C(=O)NC2CCSc3ccccc32)cc1OC. The fraction of sp³-hybridized carbons (Fsp3) is 0.278. The molecule has 2 aromatic carbocycles. The highest BCUT2D eigenvalue weighted by molar-refractivity contribution is 7.99. The van der Waals surface area contributed by atoms with E-state index in [1.54, 1.807) is 32.4 Å². The van der Waals surface area contributed by atoms with Crippen molar-refractivity contribution < 1.29 is 14.3 Å². The van der Waals surface area contributed by atoms with Gasteiger partial charge in [0.15, 0.2) is 11.5 Å². The first-order chi connectivity index (χ1) is 11.2. The van der Waals surface area contributed by atoms with Gasteiger partial charge in [-0.05, 0) is 36.2 Å². The zero-order valence-electron chi connectivity index (χ0n) is 13.2. The average molecular weight is 329 g/mol. The Morgan fingerprint density at radius 1 is 1.13 bits per heavy atom. The van der Waals surface area contributed by atoms with Crippen LogP contribution in [-0.2, 0) is 0 Å². The molecule has 1 N–H and O–H groups in total. The van der Waals surface area contributed by atoms with Crippen molar-refractivity contribution in [3.05, 3.63) is 53.6 Å². The number of fused-ring (bicyclic) bond motifs is 1. The van der Waals surface area contributed by atoms with Crippen LogP contribution in [0.2, 0.25) is 0 Å². The normalized spacial score (nSPS) is 16.3. The third-order valence-electron chi connectivity index (χ3n) is 3.91. The van der Waals surface area contributed by atoms with Gasteiger partial charge >= 0.3 is 0 Å². The smallest absolute Gasteiger partial charge is 0.251 e. The largest absolute Gasteiger partial charge is 0.493 e. The van der Waals surface area contributed by atoms with Crippen molar-refractivity contribution in [1.29, 1.82) is 0 Å². The summed E-state index contributed by atoms with van der Waals surface area (Å²) in [5, 5.41) is 3.13. The summed E-state index contributed by atoms with van der Waals surface area (Å²) in [7, 11) is 3.14. The maximum Gasteiger partial charge on any atom is 0.251 e. The molecule has 0 saturated carbocycles. The lowest BCUT2D eigenvalue weighted by atomic mass is 10.0. The second kappa shape index (κ2) is 6.96. The van der Waals surface area contributed by atoms with E-state index in [2.05, 4.69) is 17.4 Å². The number of hydrogen-bond acceptors (Lipinski definition) is 4. The highest BCUT2D eigenvalue weighted by Crippen LogP contribution is 2.36. The summed E-state index contributed by atoms with van der Waals surface area (Å²) < 4.78 is 10.5. The summed E-state index contributed by atoms with van der Waals surface area (Å²) in [4.78, 5) is 13.8. The summed E-state index contributed by atoms with van der Waals surface area (Å²) in [5.74, 6) is 2.08. The number of hydrogen-bond donors (Lipinski definition) is 1. The standard InChI is InChI=1S/C18H19NO3S/c1-21-15-8-7-12(11-16(15)22-2)18(20)19-14-9-10-23-17-6-4-3-5-13(14)17/h3-8,11,14H,9-10H2,1-2H3,(H,19,20). The molecule has 1 atom stereocenters. The Morgan fingerprint density at radius 3 is 2.70 bits per heavy atom. The fourth-order valence-corrected chi connectivity index (χ4v) is 3.84. The van der Waals surface area contributed by atoms with Crippen LogP contribution in [-0.4, -0.2) is 25.9 Å². The van der Waals surface area contributed by atoms with E-state index in [1.807, 2.05) is 23.9 Å². The summed E-state index contributed by atoms with van der Waals surface area (Å²) in [6, 6.07) is 13.5. The Morgan fingerprint density at radius 2 is 1.91 bits per heavy atom. The third-order valence-corrected chi connectivity index (χ3v) is 5.03. The molecule has 0 radical (unpaired) electrons. The van der Waals surface area contributed by atoms with Crippen LogP contribution in [0.1, 0.15) is 28.4 Å². The van der Waals surface area contributed by atoms with E-state index in [0.29, 0.717) is 17.1 Å². The molecular weight excluding hydrogens is 310 g/mol.